The summed E-state index contributed by atoms with van der Waals surface area (Å²) < 4.78 is 59.6. The Morgan fingerprint density at radius 3 is 2.34 bits per heavy atom. The van der Waals surface area contributed by atoms with Gasteiger partial charge < -0.3 is 9.64 Å². The van der Waals surface area contributed by atoms with Crippen LogP contribution in [0.15, 0.2) is 59.5 Å². The molecule has 1 saturated heterocycles. The van der Waals surface area contributed by atoms with E-state index in [0.717, 1.165) is 5.56 Å². The number of ether oxygens (including phenoxy) is 1. The Bertz CT molecular complexity index is 1270. The number of hydrogen-bond donors (Lipinski definition) is 0. The minimum atomic E-state index is -3.65. The minimum Gasteiger partial charge on any atom is -0.383 e. The molecule has 0 N–H and O–H groups in total. The van der Waals surface area contributed by atoms with Crippen LogP contribution in [-0.2, 0) is 36.1 Å². The van der Waals surface area contributed by atoms with Gasteiger partial charge in [-0.2, -0.15) is 8.61 Å². The molecule has 0 spiro atoms. The summed E-state index contributed by atoms with van der Waals surface area (Å²) in [6.07, 6.45) is 1.29. The summed E-state index contributed by atoms with van der Waals surface area (Å²) in [5, 5.41) is 0.533. The standard InChI is InChI=1S/C26H36ClN3O6S2/c1-3-18-37(32,33)29(16-17-36-2)21-26(31)30(20-22-8-7-9-23(27)19-22)24-12-14-28(15-13-24)38(34,35)25-10-5-4-6-11-25/h4-11,19,24H,3,12-18,20-21H2,1-2H3. The average molecular weight is 586 g/mol. The van der Waals surface area contributed by atoms with Crippen LogP contribution >= 0.6 is 11.6 Å². The third-order valence-corrected chi connectivity index (χ3v) is 10.7. The summed E-state index contributed by atoms with van der Waals surface area (Å²) in [5.41, 5.74) is 0.810. The molecule has 38 heavy (non-hydrogen) atoms. The van der Waals surface area contributed by atoms with E-state index in [0.29, 0.717) is 24.3 Å². The summed E-state index contributed by atoms with van der Waals surface area (Å²) >= 11 is 6.18. The highest BCUT2D eigenvalue weighted by atomic mass is 35.5. The van der Waals surface area contributed by atoms with Gasteiger partial charge in [-0.3, -0.25) is 4.79 Å². The van der Waals surface area contributed by atoms with E-state index in [4.69, 9.17) is 16.3 Å². The van der Waals surface area contributed by atoms with Crippen molar-refractivity contribution < 1.29 is 26.4 Å². The number of hydrogen-bond acceptors (Lipinski definition) is 6. The maximum atomic E-state index is 13.7. The number of carbonyl (C=O) groups is 1. The van der Waals surface area contributed by atoms with E-state index in [1.54, 1.807) is 60.4 Å². The van der Waals surface area contributed by atoms with Crippen LogP contribution in [0, 0.1) is 0 Å². The Labute approximate surface area is 231 Å². The number of halogens is 1. The third kappa shape index (κ3) is 8.00. The van der Waals surface area contributed by atoms with Gasteiger partial charge in [-0.25, -0.2) is 16.8 Å². The first-order valence-electron chi connectivity index (χ1n) is 12.6. The van der Waals surface area contributed by atoms with E-state index in [2.05, 4.69) is 0 Å². The lowest BCUT2D eigenvalue weighted by Gasteiger charge is -2.39. The van der Waals surface area contributed by atoms with Crippen molar-refractivity contribution in [2.75, 3.05) is 45.6 Å². The first kappa shape index (κ1) is 30.5. The van der Waals surface area contributed by atoms with Crippen LogP contribution in [0.4, 0.5) is 0 Å². The van der Waals surface area contributed by atoms with E-state index in [9.17, 15) is 21.6 Å². The van der Waals surface area contributed by atoms with Gasteiger partial charge in [0, 0.05) is 44.4 Å². The van der Waals surface area contributed by atoms with Crippen molar-refractivity contribution in [2.24, 2.45) is 0 Å². The number of nitrogens with zero attached hydrogens (tertiary/aromatic N) is 3. The van der Waals surface area contributed by atoms with Gasteiger partial charge >= 0.3 is 0 Å². The maximum absolute atomic E-state index is 13.7. The molecule has 2 aromatic rings. The number of benzene rings is 2. The highest BCUT2D eigenvalue weighted by molar-refractivity contribution is 7.89. The molecule has 0 aliphatic carbocycles. The van der Waals surface area contributed by atoms with E-state index in [1.165, 1.54) is 15.7 Å². The molecule has 2 aromatic carbocycles. The van der Waals surface area contributed by atoms with Crippen LogP contribution in [0.1, 0.15) is 31.7 Å². The van der Waals surface area contributed by atoms with Crippen LogP contribution in [0.5, 0.6) is 0 Å². The first-order chi connectivity index (χ1) is 18.1. The Balaban J connectivity index is 1.81. The summed E-state index contributed by atoms with van der Waals surface area (Å²) in [6, 6.07) is 15.2. The SMILES string of the molecule is CCCS(=O)(=O)N(CCOC)CC(=O)N(Cc1cccc(Cl)c1)C1CCN(S(=O)(=O)c2ccccc2)CC1. The number of methoxy groups -OCH3 is 1. The van der Waals surface area contributed by atoms with Crippen LogP contribution in [-0.4, -0.2) is 87.9 Å². The molecule has 12 heteroatoms. The monoisotopic (exact) mass is 585 g/mol. The van der Waals surface area contributed by atoms with Crippen molar-refractivity contribution >= 4 is 37.6 Å². The smallest absolute Gasteiger partial charge is 0.243 e. The molecule has 1 fully saturated rings. The predicted molar refractivity (Wildman–Crippen MR) is 148 cm³/mol. The van der Waals surface area contributed by atoms with Gasteiger partial charge in [0.15, 0.2) is 0 Å². The number of rotatable bonds is 13. The summed E-state index contributed by atoms with van der Waals surface area (Å²) in [4.78, 5) is 15.6. The first-order valence-corrected chi connectivity index (χ1v) is 16.1. The zero-order chi connectivity index (χ0) is 27.8. The molecule has 9 nitrogen and oxygen atoms in total. The highest BCUT2D eigenvalue weighted by Gasteiger charge is 2.35. The Morgan fingerprint density at radius 1 is 1.05 bits per heavy atom. The predicted octanol–water partition coefficient (Wildman–Crippen LogP) is 3.21. The van der Waals surface area contributed by atoms with Crippen molar-refractivity contribution in [1.82, 2.24) is 13.5 Å². The van der Waals surface area contributed by atoms with Crippen molar-refractivity contribution in [2.45, 2.75) is 43.7 Å². The molecule has 1 amide bonds. The van der Waals surface area contributed by atoms with Gasteiger partial charge in [0.25, 0.3) is 0 Å². The van der Waals surface area contributed by atoms with Crippen molar-refractivity contribution in [3.05, 3.63) is 65.2 Å². The Morgan fingerprint density at radius 2 is 1.74 bits per heavy atom. The molecule has 3 rings (SSSR count). The average Bonchev–Trinajstić information content (AvgIpc) is 2.90. The summed E-state index contributed by atoms with van der Waals surface area (Å²) in [5.74, 6) is -0.404. The highest BCUT2D eigenvalue weighted by Crippen LogP contribution is 2.25. The van der Waals surface area contributed by atoms with E-state index >= 15 is 0 Å². The zero-order valence-electron chi connectivity index (χ0n) is 21.8. The normalized spacial score (nSPS) is 15.6. The second kappa shape index (κ2) is 13.9. The fraction of sp³-hybridized carbons (Fsp3) is 0.500. The topological polar surface area (TPSA) is 104 Å². The van der Waals surface area contributed by atoms with Crippen molar-refractivity contribution in [3.63, 3.8) is 0 Å². The second-order valence-corrected chi connectivity index (χ2v) is 13.7. The number of piperidine rings is 1. The summed E-state index contributed by atoms with van der Waals surface area (Å²) in [7, 11) is -5.80. The van der Waals surface area contributed by atoms with Gasteiger partial charge in [-0.1, -0.05) is 48.9 Å². The molecule has 0 unspecified atom stereocenters. The third-order valence-electron chi connectivity index (χ3n) is 6.52. The molecule has 210 valence electrons. The molecule has 1 aliphatic heterocycles. The van der Waals surface area contributed by atoms with Gasteiger partial charge in [0.1, 0.15) is 0 Å². The Kier molecular flexibility index (Phi) is 11.1. The van der Waals surface area contributed by atoms with E-state index < -0.39 is 20.0 Å². The van der Waals surface area contributed by atoms with E-state index in [1.807, 2.05) is 6.07 Å². The molecule has 0 bridgehead atoms. The van der Waals surface area contributed by atoms with E-state index in [-0.39, 0.29) is 61.9 Å². The quantitative estimate of drug-likeness (QED) is 0.357. The molecular formula is C26H36ClN3O6S2. The molecule has 0 radical (unpaired) electrons. The van der Waals surface area contributed by atoms with Crippen LogP contribution < -0.4 is 0 Å². The maximum Gasteiger partial charge on any atom is 0.243 e. The lowest BCUT2D eigenvalue weighted by Crippen LogP contribution is -2.51. The fourth-order valence-corrected chi connectivity index (χ4v) is 7.66. The molecule has 0 aromatic heterocycles. The molecular weight excluding hydrogens is 550 g/mol. The van der Waals surface area contributed by atoms with Gasteiger partial charge in [-0.15, -0.1) is 0 Å². The zero-order valence-corrected chi connectivity index (χ0v) is 24.2. The van der Waals surface area contributed by atoms with Crippen LogP contribution in [0.3, 0.4) is 0 Å². The number of sulfonamides is 2. The van der Waals surface area contributed by atoms with Crippen molar-refractivity contribution in [1.29, 1.82) is 0 Å². The minimum absolute atomic E-state index is 0.0615. The van der Waals surface area contributed by atoms with Crippen LogP contribution in [0.25, 0.3) is 0 Å². The van der Waals surface area contributed by atoms with Gasteiger partial charge in [0.2, 0.25) is 26.0 Å². The largest absolute Gasteiger partial charge is 0.383 e. The van der Waals surface area contributed by atoms with Gasteiger partial charge in [0.05, 0.1) is 23.8 Å². The second-order valence-electron chi connectivity index (χ2n) is 9.24. The van der Waals surface area contributed by atoms with Crippen LogP contribution in [0.2, 0.25) is 5.02 Å². The molecule has 1 aliphatic rings. The summed E-state index contributed by atoms with van der Waals surface area (Å²) in [6.45, 7) is 2.45. The molecule has 0 saturated carbocycles. The number of amides is 1. The van der Waals surface area contributed by atoms with Crippen molar-refractivity contribution in [3.8, 4) is 0 Å². The molecule has 0 atom stereocenters. The lowest BCUT2D eigenvalue weighted by molar-refractivity contribution is -0.135. The van der Waals surface area contributed by atoms with Gasteiger partial charge in [-0.05, 0) is 49.1 Å². The molecule has 1 heterocycles. The fourth-order valence-electron chi connectivity index (χ4n) is 4.53. The lowest BCUT2D eigenvalue weighted by atomic mass is 10.0. The number of carbonyl (C=O) groups excluding carboxylic acids is 1. The Hall–Kier alpha value is -2.02.